The van der Waals surface area contributed by atoms with Crippen molar-refractivity contribution in [3.63, 3.8) is 0 Å². The summed E-state index contributed by atoms with van der Waals surface area (Å²) in [6, 6.07) is 20.3. The molecule has 0 N–H and O–H groups in total. The lowest BCUT2D eigenvalue weighted by Crippen LogP contribution is -2.29. The maximum atomic E-state index is 12.9. The first-order valence-electron chi connectivity index (χ1n) is 12.1. The van der Waals surface area contributed by atoms with Crippen LogP contribution >= 0.6 is 0 Å². The number of hydrogen-bond acceptors (Lipinski definition) is 8. The Bertz CT molecular complexity index is 1230. The van der Waals surface area contributed by atoms with Crippen LogP contribution in [0.4, 0.5) is 8.78 Å². The van der Waals surface area contributed by atoms with E-state index >= 15 is 0 Å². The van der Waals surface area contributed by atoms with Crippen molar-refractivity contribution < 1.29 is 46.9 Å². The van der Waals surface area contributed by atoms with Crippen molar-refractivity contribution in [3.8, 4) is 0 Å². The third-order valence-corrected chi connectivity index (χ3v) is 5.67. The van der Waals surface area contributed by atoms with Crippen LogP contribution in [0.2, 0.25) is 0 Å². The number of carbonyl (C=O) groups excluding carboxylic acids is 4. The standard InChI is InChI=1S/C18H17FO4.C12H13FO4/c1-22-17(20)16(11-13-7-9-15(19)10-8-13)18(21)23-12-14-5-3-2-4-6-14;1-16-11(14)10(12(15)17-2)7-8-3-5-9(13)6-4-8/h2-10,16H,11-12H2,1H3;3-6,10H,7H2,1-2H3. The second-order valence-corrected chi connectivity index (χ2v) is 8.43. The summed E-state index contributed by atoms with van der Waals surface area (Å²) in [7, 11) is 3.61. The smallest absolute Gasteiger partial charge is 0.321 e. The van der Waals surface area contributed by atoms with Gasteiger partial charge in [0, 0.05) is 0 Å². The Hall–Kier alpha value is -4.60. The fourth-order valence-corrected chi connectivity index (χ4v) is 3.49. The van der Waals surface area contributed by atoms with E-state index in [9.17, 15) is 28.0 Å². The molecule has 8 nitrogen and oxygen atoms in total. The first kappa shape index (κ1) is 31.6. The van der Waals surface area contributed by atoms with Gasteiger partial charge in [-0.2, -0.15) is 0 Å². The Morgan fingerprint density at radius 2 is 0.925 bits per heavy atom. The number of hydrogen-bond donors (Lipinski definition) is 0. The molecule has 0 aliphatic heterocycles. The van der Waals surface area contributed by atoms with Crippen LogP contribution in [0.25, 0.3) is 0 Å². The van der Waals surface area contributed by atoms with E-state index in [1.165, 1.54) is 69.9 Å². The monoisotopic (exact) mass is 556 g/mol. The number of benzene rings is 3. The second kappa shape index (κ2) is 16.4. The highest BCUT2D eigenvalue weighted by atomic mass is 19.1. The third kappa shape index (κ3) is 10.3. The minimum atomic E-state index is -1.07. The number of rotatable bonds is 10. The van der Waals surface area contributed by atoms with E-state index in [0.717, 1.165) is 5.56 Å². The molecular weight excluding hydrogens is 526 g/mol. The van der Waals surface area contributed by atoms with Crippen LogP contribution in [0.3, 0.4) is 0 Å². The highest BCUT2D eigenvalue weighted by molar-refractivity contribution is 5.95. The normalized spacial score (nSPS) is 10.9. The molecular formula is C30H30F2O8. The first-order chi connectivity index (χ1) is 19.2. The molecule has 0 amide bonds. The van der Waals surface area contributed by atoms with E-state index in [1.807, 2.05) is 30.3 Å². The zero-order chi connectivity index (χ0) is 29.5. The predicted octanol–water partition coefficient (Wildman–Crippen LogP) is 4.23. The summed E-state index contributed by atoms with van der Waals surface area (Å²) in [4.78, 5) is 46.8. The number of ether oxygens (including phenoxy) is 4. The molecule has 0 aliphatic carbocycles. The van der Waals surface area contributed by atoms with Gasteiger partial charge in [0.1, 0.15) is 18.2 Å². The quantitative estimate of drug-likeness (QED) is 0.208. The van der Waals surface area contributed by atoms with E-state index in [1.54, 1.807) is 0 Å². The van der Waals surface area contributed by atoms with Gasteiger partial charge in [0.15, 0.2) is 11.8 Å². The molecule has 0 bridgehead atoms. The molecule has 3 rings (SSSR count). The Balaban J connectivity index is 0.000000294. The van der Waals surface area contributed by atoms with Gasteiger partial charge >= 0.3 is 23.9 Å². The number of halogens is 2. The van der Waals surface area contributed by atoms with Gasteiger partial charge in [-0.25, -0.2) is 8.78 Å². The van der Waals surface area contributed by atoms with Gasteiger partial charge in [-0.1, -0.05) is 54.6 Å². The average Bonchev–Trinajstić information content (AvgIpc) is 2.99. The summed E-state index contributed by atoms with van der Waals surface area (Å²) in [5, 5.41) is 0. The minimum absolute atomic E-state index is 0.0799. The summed E-state index contributed by atoms with van der Waals surface area (Å²) < 4.78 is 44.5. The SMILES string of the molecule is COC(=O)C(Cc1ccc(F)cc1)C(=O)OC.COC(=O)C(Cc1ccc(F)cc1)C(=O)OCc1ccccc1. The van der Waals surface area contributed by atoms with Gasteiger partial charge in [0.25, 0.3) is 0 Å². The van der Waals surface area contributed by atoms with Crippen LogP contribution in [-0.4, -0.2) is 45.2 Å². The van der Waals surface area contributed by atoms with Crippen LogP contribution in [0.1, 0.15) is 16.7 Å². The molecule has 0 aliphatic rings. The van der Waals surface area contributed by atoms with E-state index in [-0.39, 0.29) is 31.1 Å². The lowest BCUT2D eigenvalue weighted by Gasteiger charge is -2.14. The number of esters is 4. The Morgan fingerprint density at radius 1 is 0.550 bits per heavy atom. The summed E-state index contributed by atoms with van der Waals surface area (Å²) >= 11 is 0. The Morgan fingerprint density at radius 3 is 1.30 bits per heavy atom. The molecule has 0 radical (unpaired) electrons. The molecule has 0 fully saturated rings. The number of carbonyl (C=O) groups is 4. The first-order valence-corrected chi connectivity index (χ1v) is 12.1. The summed E-state index contributed by atoms with van der Waals surface area (Å²) in [5.41, 5.74) is 2.14. The lowest BCUT2D eigenvalue weighted by molar-refractivity contribution is -0.162. The van der Waals surface area contributed by atoms with Crippen molar-refractivity contribution in [2.75, 3.05) is 21.3 Å². The highest BCUT2D eigenvalue weighted by Crippen LogP contribution is 2.15. The van der Waals surface area contributed by atoms with Gasteiger partial charge in [-0.15, -0.1) is 0 Å². The van der Waals surface area contributed by atoms with Crippen molar-refractivity contribution in [3.05, 3.63) is 107 Å². The minimum Gasteiger partial charge on any atom is -0.468 e. The maximum absolute atomic E-state index is 12.9. The number of methoxy groups -OCH3 is 3. The van der Waals surface area contributed by atoms with Crippen molar-refractivity contribution in [2.24, 2.45) is 11.8 Å². The molecule has 3 aromatic rings. The zero-order valence-corrected chi connectivity index (χ0v) is 22.3. The average molecular weight is 557 g/mol. The van der Waals surface area contributed by atoms with E-state index in [0.29, 0.717) is 11.1 Å². The second-order valence-electron chi connectivity index (χ2n) is 8.43. The van der Waals surface area contributed by atoms with Crippen molar-refractivity contribution >= 4 is 23.9 Å². The van der Waals surface area contributed by atoms with E-state index in [4.69, 9.17) is 4.74 Å². The molecule has 0 aromatic heterocycles. The molecule has 0 heterocycles. The largest absolute Gasteiger partial charge is 0.468 e. The topological polar surface area (TPSA) is 105 Å². The molecule has 40 heavy (non-hydrogen) atoms. The third-order valence-electron chi connectivity index (χ3n) is 5.67. The van der Waals surface area contributed by atoms with Crippen LogP contribution in [0, 0.1) is 23.5 Å². The van der Waals surface area contributed by atoms with Gasteiger partial charge < -0.3 is 18.9 Å². The Kier molecular flexibility index (Phi) is 12.9. The molecule has 0 saturated carbocycles. The van der Waals surface area contributed by atoms with Crippen LogP contribution in [0.15, 0.2) is 78.9 Å². The molecule has 10 heteroatoms. The predicted molar refractivity (Wildman–Crippen MR) is 139 cm³/mol. The Labute approximate surface area is 230 Å². The molecule has 1 unspecified atom stereocenters. The van der Waals surface area contributed by atoms with Crippen molar-refractivity contribution in [1.29, 1.82) is 0 Å². The van der Waals surface area contributed by atoms with E-state index in [2.05, 4.69) is 14.2 Å². The molecule has 0 saturated heterocycles. The molecule has 1 atom stereocenters. The fraction of sp³-hybridized carbons (Fsp3) is 0.267. The maximum Gasteiger partial charge on any atom is 0.321 e. The highest BCUT2D eigenvalue weighted by Gasteiger charge is 2.30. The van der Waals surface area contributed by atoms with E-state index < -0.39 is 35.7 Å². The van der Waals surface area contributed by atoms with Gasteiger partial charge in [0.05, 0.1) is 21.3 Å². The summed E-state index contributed by atoms with van der Waals surface area (Å²) in [5.74, 6) is -5.51. The molecule has 3 aromatic carbocycles. The van der Waals surface area contributed by atoms with Crippen LogP contribution in [0.5, 0.6) is 0 Å². The van der Waals surface area contributed by atoms with Crippen LogP contribution in [-0.2, 0) is 57.6 Å². The van der Waals surface area contributed by atoms with Crippen molar-refractivity contribution in [1.82, 2.24) is 0 Å². The van der Waals surface area contributed by atoms with Gasteiger partial charge in [-0.3, -0.25) is 19.2 Å². The lowest BCUT2D eigenvalue weighted by atomic mass is 9.99. The van der Waals surface area contributed by atoms with Gasteiger partial charge in [-0.05, 0) is 53.8 Å². The summed E-state index contributed by atoms with van der Waals surface area (Å²) in [6.07, 6.45) is 0.222. The van der Waals surface area contributed by atoms with Crippen molar-refractivity contribution in [2.45, 2.75) is 19.4 Å². The molecule has 0 spiro atoms. The van der Waals surface area contributed by atoms with Gasteiger partial charge in [0.2, 0.25) is 0 Å². The fourth-order valence-electron chi connectivity index (χ4n) is 3.49. The zero-order valence-electron chi connectivity index (χ0n) is 22.3. The van der Waals surface area contributed by atoms with Crippen LogP contribution < -0.4 is 0 Å². The summed E-state index contributed by atoms with van der Waals surface area (Å²) in [6.45, 7) is 0.0799. The molecule has 212 valence electrons.